The van der Waals surface area contributed by atoms with E-state index in [0.29, 0.717) is 0 Å². The van der Waals surface area contributed by atoms with Crippen molar-refractivity contribution in [1.29, 1.82) is 0 Å². The van der Waals surface area contributed by atoms with Crippen molar-refractivity contribution >= 4 is 16.5 Å². The molecule has 0 saturated heterocycles. The summed E-state index contributed by atoms with van der Waals surface area (Å²) in [5.74, 6) is 0. The molecule has 1 aliphatic heterocycles. The van der Waals surface area contributed by atoms with Crippen molar-refractivity contribution in [2.75, 3.05) is 0 Å². The van der Waals surface area contributed by atoms with Crippen LogP contribution in [0, 0.1) is 0 Å². The zero-order chi connectivity index (χ0) is 26.0. The van der Waals surface area contributed by atoms with Crippen LogP contribution < -0.4 is 0 Å². The van der Waals surface area contributed by atoms with Crippen LogP contribution in [0.25, 0.3) is 0 Å². The summed E-state index contributed by atoms with van der Waals surface area (Å²) >= 11 is 0. The van der Waals surface area contributed by atoms with E-state index in [-0.39, 0.29) is 30.2 Å². The Bertz CT molecular complexity index is 572. The maximum atomic E-state index is 2.69. The van der Waals surface area contributed by atoms with E-state index in [1.54, 1.807) is 0 Å². The predicted molar refractivity (Wildman–Crippen MR) is 152 cm³/mol. The largest absolute Gasteiger partial charge is 0.376 e. The summed E-state index contributed by atoms with van der Waals surface area (Å²) in [6.07, 6.45) is 9.83. The van der Waals surface area contributed by atoms with Gasteiger partial charge in [0.1, 0.15) is 0 Å². The second-order valence-electron chi connectivity index (χ2n) is 16.3. The van der Waals surface area contributed by atoms with Gasteiger partial charge in [-0.3, -0.25) is 0 Å². The maximum absolute atomic E-state index is 2.69. The summed E-state index contributed by atoms with van der Waals surface area (Å²) in [5.41, 5.74) is 0. The quantitative estimate of drug-likeness (QED) is 0.364. The Hall–Kier alpha value is -0.486. The van der Waals surface area contributed by atoms with E-state index in [4.69, 9.17) is 0 Å². The molecule has 0 spiro atoms. The van der Waals surface area contributed by atoms with Crippen molar-refractivity contribution in [2.45, 2.75) is 155 Å². The minimum absolute atomic E-state index is 0.215. The highest BCUT2D eigenvalue weighted by Gasteiger charge is 2.65. The van der Waals surface area contributed by atoms with Crippen LogP contribution in [0.3, 0.4) is 0 Å². The molecule has 0 aromatic heterocycles. The molecule has 0 aromatic rings. The molecular formula is C28H58N2Si2. The van der Waals surface area contributed by atoms with Crippen LogP contribution in [0.1, 0.15) is 125 Å². The lowest BCUT2D eigenvalue weighted by Crippen LogP contribution is -2.69. The van der Waals surface area contributed by atoms with Gasteiger partial charge in [0.05, 0.1) is 0 Å². The molecule has 0 fully saturated rings. The van der Waals surface area contributed by atoms with Crippen molar-refractivity contribution in [3.8, 4) is 0 Å². The Morgan fingerprint density at radius 1 is 0.312 bits per heavy atom. The van der Waals surface area contributed by atoms with Crippen molar-refractivity contribution in [3.05, 3.63) is 24.8 Å². The van der Waals surface area contributed by atoms with Gasteiger partial charge in [-0.05, 0) is 30.2 Å². The second kappa shape index (κ2) is 8.04. The molecule has 1 rings (SSSR count). The van der Waals surface area contributed by atoms with Crippen LogP contribution in [-0.2, 0) is 0 Å². The predicted octanol–water partition coefficient (Wildman–Crippen LogP) is 10.2. The van der Waals surface area contributed by atoms with E-state index in [9.17, 15) is 0 Å². The van der Waals surface area contributed by atoms with E-state index >= 15 is 0 Å². The molecule has 188 valence electrons. The molecule has 0 N–H and O–H groups in total. The molecule has 4 heteroatoms. The summed E-state index contributed by atoms with van der Waals surface area (Å²) in [7, 11) is -4.15. The fourth-order valence-electron chi connectivity index (χ4n) is 9.91. The zero-order valence-electron chi connectivity index (χ0n) is 25.2. The van der Waals surface area contributed by atoms with Crippen molar-refractivity contribution in [1.82, 2.24) is 9.13 Å². The van der Waals surface area contributed by atoms with Gasteiger partial charge in [0, 0.05) is 24.8 Å². The summed E-state index contributed by atoms with van der Waals surface area (Å²) in [5, 5.41) is 1.29. The minimum atomic E-state index is -2.08. The molecule has 0 amide bonds. The fourth-order valence-corrected chi connectivity index (χ4v) is 29.2. The Morgan fingerprint density at radius 3 is 0.531 bits per heavy atom. The molecule has 0 bridgehead atoms. The smallest absolute Gasteiger partial charge is 0.177 e. The van der Waals surface area contributed by atoms with Crippen molar-refractivity contribution in [2.24, 2.45) is 0 Å². The Labute approximate surface area is 205 Å². The summed E-state index contributed by atoms with van der Waals surface area (Å²) in [4.78, 5) is 0. The first-order chi connectivity index (χ1) is 13.7. The van der Waals surface area contributed by atoms with Crippen molar-refractivity contribution < 1.29 is 0 Å². The van der Waals surface area contributed by atoms with E-state index in [1.807, 2.05) is 0 Å². The first-order valence-electron chi connectivity index (χ1n) is 12.6. The average Bonchev–Trinajstić information content (AvgIpc) is 2.40. The minimum Gasteiger partial charge on any atom is -0.376 e. The lowest BCUT2D eigenvalue weighted by atomic mass is 10.2. The van der Waals surface area contributed by atoms with Gasteiger partial charge in [0.25, 0.3) is 0 Å². The van der Waals surface area contributed by atoms with Gasteiger partial charge < -0.3 is 9.13 Å². The van der Waals surface area contributed by atoms with E-state index in [1.165, 1.54) is 0 Å². The van der Waals surface area contributed by atoms with Gasteiger partial charge in [-0.1, -0.05) is 125 Å². The molecule has 1 aliphatic rings. The van der Waals surface area contributed by atoms with Gasteiger partial charge in [0.2, 0.25) is 0 Å². The highest BCUT2D eigenvalue weighted by atomic mass is 28.3. The standard InChI is InChI=1S/C28H58N2Si2/c1-23(2,3)31(24(4,5)6,25(7,8)9)29-19-21-30(22-20-29)32(26(10,11)12,27(13,14)15)28(16,17)18/h19-22H,1-18H3. The SMILES string of the molecule is CC(C)(C)[Si](N1C=CN([Si](C(C)(C)C)(C(C)(C)C)C(C)(C)C)C=C1)(C(C)(C)C)C(C)(C)C. The fraction of sp³-hybridized carbons (Fsp3) is 0.857. The molecule has 1 heterocycles. The van der Waals surface area contributed by atoms with Gasteiger partial charge in [-0.2, -0.15) is 0 Å². The molecule has 0 unspecified atom stereocenters. The molecule has 0 atom stereocenters. The van der Waals surface area contributed by atoms with Crippen LogP contribution in [0.5, 0.6) is 0 Å². The topological polar surface area (TPSA) is 6.48 Å². The number of hydrogen-bond donors (Lipinski definition) is 0. The van der Waals surface area contributed by atoms with Crippen LogP contribution in [0.4, 0.5) is 0 Å². The van der Waals surface area contributed by atoms with E-state index in [2.05, 4.69) is 159 Å². The van der Waals surface area contributed by atoms with Crippen LogP contribution in [0.2, 0.25) is 30.2 Å². The second-order valence-corrected chi connectivity index (χ2v) is 29.2. The zero-order valence-corrected chi connectivity index (χ0v) is 27.2. The first-order valence-corrected chi connectivity index (χ1v) is 16.5. The number of hydrogen-bond acceptors (Lipinski definition) is 2. The van der Waals surface area contributed by atoms with E-state index in [0.717, 1.165) is 0 Å². The number of rotatable bonds is 2. The molecule has 32 heavy (non-hydrogen) atoms. The van der Waals surface area contributed by atoms with Gasteiger partial charge >= 0.3 is 0 Å². The normalized spacial score (nSPS) is 17.9. The highest BCUT2D eigenvalue weighted by molar-refractivity contribution is 6.86. The first kappa shape index (κ1) is 29.5. The van der Waals surface area contributed by atoms with Gasteiger partial charge in [-0.15, -0.1) is 0 Å². The lowest BCUT2D eigenvalue weighted by Gasteiger charge is -2.65. The third-order valence-corrected chi connectivity index (χ3v) is 23.2. The van der Waals surface area contributed by atoms with E-state index < -0.39 is 16.5 Å². The van der Waals surface area contributed by atoms with Gasteiger partial charge in [-0.25, -0.2) is 0 Å². The van der Waals surface area contributed by atoms with Crippen LogP contribution in [-0.4, -0.2) is 25.6 Å². The summed E-state index contributed by atoms with van der Waals surface area (Å²) < 4.78 is 5.38. The average molecular weight is 479 g/mol. The van der Waals surface area contributed by atoms with Crippen LogP contribution in [0.15, 0.2) is 24.8 Å². The molecule has 0 radical (unpaired) electrons. The molecular weight excluding hydrogens is 420 g/mol. The number of nitrogens with zero attached hydrogens (tertiary/aromatic N) is 2. The summed E-state index contributed by atoms with van der Waals surface area (Å²) in [6.45, 7) is 44.5. The third-order valence-electron chi connectivity index (χ3n) is 8.06. The van der Waals surface area contributed by atoms with Gasteiger partial charge in [0.15, 0.2) is 16.5 Å². The maximum Gasteiger partial charge on any atom is 0.177 e. The third kappa shape index (κ3) is 4.21. The highest BCUT2D eigenvalue weighted by Crippen LogP contribution is 2.66. The Morgan fingerprint density at radius 2 is 0.438 bits per heavy atom. The molecule has 0 aliphatic carbocycles. The molecule has 0 aromatic carbocycles. The lowest BCUT2D eigenvalue weighted by molar-refractivity contribution is 0.422. The van der Waals surface area contributed by atoms with Crippen LogP contribution >= 0.6 is 0 Å². The molecule has 0 saturated carbocycles. The van der Waals surface area contributed by atoms with Crippen molar-refractivity contribution in [3.63, 3.8) is 0 Å². The molecule has 2 nitrogen and oxygen atoms in total. The Kier molecular flexibility index (Phi) is 7.42. The summed E-state index contributed by atoms with van der Waals surface area (Å²) in [6, 6.07) is 0. The monoisotopic (exact) mass is 478 g/mol. The Balaban J connectivity index is 3.83.